The molecular weight excluding hydrogens is 276 g/mol. The van der Waals surface area contributed by atoms with E-state index in [-0.39, 0.29) is 10.8 Å². The summed E-state index contributed by atoms with van der Waals surface area (Å²) in [6.45, 7) is 1.61. The zero-order valence-corrected chi connectivity index (χ0v) is 12.4. The number of hydrogen-bond acceptors (Lipinski definition) is 4. The van der Waals surface area contributed by atoms with Gasteiger partial charge in [0.25, 0.3) is 5.91 Å². The number of benzene rings is 1. The van der Waals surface area contributed by atoms with Crippen LogP contribution in [0.4, 0.5) is 0 Å². The molecule has 1 unspecified atom stereocenters. The molecule has 1 atom stereocenters. The molecule has 0 radical (unpaired) electrons. The fourth-order valence-electron chi connectivity index (χ4n) is 2.27. The molecule has 1 aliphatic heterocycles. The summed E-state index contributed by atoms with van der Waals surface area (Å²) in [7, 11) is -3.22. The van der Waals surface area contributed by atoms with Gasteiger partial charge in [-0.3, -0.25) is 4.79 Å². The predicted molar refractivity (Wildman–Crippen MR) is 77.5 cm³/mol. The molecule has 1 aromatic rings. The highest BCUT2D eigenvalue weighted by Crippen LogP contribution is 2.10. The fraction of sp³-hybridized carbons (Fsp3) is 0.500. The Balaban J connectivity index is 1.92. The lowest BCUT2D eigenvalue weighted by atomic mass is 10.1. The molecule has 1 fully saturated rings. The van der Waals surface area contributed by atoms with Crippen LogP contribution in [0.3, 0.4) is 0 Å². The van der Waals surface area contributed by atoms with Gasteiger partial charge in [-0.2, -0.15) is 0 Å². The molecule has 0 aromatic heterocycles. The van der Waals surface area contributed by atoms with E-state index in [0.717, 1.165) is 19.2 Å². The number of sulfone groups is 1. The van der Waals surface area contributed by atoms with E-state index < -0.39 is 9.84 Å². The summed E-state index contributed by atoms with van der Waals surface area (Å²) < 4.78 is 22.7. The maximum Gasteiger partial charge on any atom is 0.251 e. The van der Waals surface area contributed by atoms with Gasteiger partial charge in [0.05, 0.1) is 4.90 Å². The minimum Gasteiger partial charge on any atom is -0.350 e. The summed E-state index contributed by atoms with van der Waals surface area (Å²) in [5, 5.41) is 6.24. The maximum atomic E-state index is 12.0. The standard InChI is InChI=1S/C14H20N2O3S/c1-20(18,19)13-7-5-11(6-8-13)14(17)16-10-12-4-2-3-9-15-12/h5-8,12,15H,2-4,9-10H2,1H3,(H,16,17). The van der Waals surface area contributed by atoms with E-state index in [2.05, 4.69) is 10.6 Å². The van der Waals surface area contributed by atoms with Gasteiger partial charge in [0.2, 0.25) is 0 Å². The van der Waals surface area contributed by atoms with Gasteiger partial charge in [-0.15, -0.1) is 0 Å². The van der Waals surface area contributed by atoms with Crippen LogP contribution in [-0.2, 0) is 9.84 Å². The second-order valence-electron chi connectivity index (χ2n) is 5.15. The number of carbonyl (C=O) groups excluding carboxylic acids is 1. The van der Waals surface area contributed by atoms with Gasteiger partial charge in [0.1, 0.15) is 0 Å². The van der Waals surface area contributed by atoms with Crippen LogP contribution in [0.25, 0.3) is 0 Å². The Hall–Kier alpha value is -1.40. The van der Waals surface area contributed by atoms with E-state index in [1.165, 1.54) is 25.0 Å². The first-order valence-corrected chi connectivity index (χ1v) is 8.67. The summed E-state index contributed by atoms with van der Waals surface area (Å²) in [4.78, 5) is 12.2. The smallest absolute Gasteiger partial charge is 0.251 e. The molecule has 6 heteroatoms. The molecule has 0 saturated carbocycles. The van der Waals surface area contributed by atoms with Gasteiger partial charge in [0.15, 0.2) is 9.84 Å². The molecule has 1 aliphatic rings. The Bertz CT molecular complexity index is 561. The normalized spacial score (nSPS) is 19.6. The molecule has 1 amide bonds. The van der Waals surface area contributed by atoms with Gasteiger partial charge in [-0.05, 0) is 43.7 Å². The Morgan fingerprint density at radius 2 is 2.00 bits per heavy atom. The van der Waals surface area contributed by atoms with Crippen LogP contribution in [0.1, 0.15) is 29.6 Å². The summed E-state index contributed by atoms with van der Waals surface area (Å²) >= 11 is 0. The number of nitrogens with one attached hydrogen (secondary N) is 2. The van der Waals surface area contributed by atoms with Crippen LogP contribution in [-0.4, -0.2) is 39.7 Å². The topological polar surface area (TPSA) is 75.3 Å². The third-order valence-electron chi connectivity index (χ3n) is 3.47. The van der Waals surface area contributed by atoms with Crippen LogP contribution in [0.2, 0.25) is 0 Å². The van der Waals surface area contributed by atoms with E-state index in [1.54, 1.807) is 12.1 Å². The summed E-state index contributed by atoms with van der Waals surface area (Å²) in [5.41, 5.74) is 0.480. The van der Waals surface area contributed by atoms with Gasteiger partial charge >= 0.3 is 0 Å². The molecular formula is C14H20N2O3S. The zero-order valence-electron chi connectivity index (χ0n) is 11.6. The Kier molecular flexibility index (Phi) is 4.77. The first-order chi connectivity index (χ1) is 9.47. The van der Waals surface area contributed by atoms with Gasteiger partial charge in [-0.25, -0.2) is 8.42 Å². The van der Waals surface area contributed by atoms with Crippen molar-refractivity contribution in [2.75, 3.05) is 19.3 Å². The second kappa shape index (κ2) is 6.37. The van der Waals surface area contributed by atoms with Crippen molar-refractivity contribution in [2.45, 2.75) is 30.2 Å². The molecule has 2 rings (SSSR count). The number of amides is 1. The van der Waals surface area contributed by atoms with Crippen LogP contribution in [0.5, 0.6) is 0 Å². The molecule has 2 N–H and O–H groups in total. The van der Waals surface area contributed by atoms with Crippen LogP contribution < -0.4 is 10.6 Å². The van der Waals surface area contributed by atoms with Crippen LogP contribution in [0, 0.1) is 0 Å². The van der Waals surface area contributed by atoms with E-state index >= 15 is 0 Å². The van der Waals surface area contributed by atoms with Crippen molar-refractivity contribution in [3.8, 4) is 0 Å². The lowest BCUT2D eigenvalue weighted by Crippen LogP contribution is -2.43. The Morgan fingerprint density at radius 3 is 2.55 bits per heavy atom. The molecule has 110 valence electrons. The van der Waals surface area contributed by atoms with Crippen molar-refractivity contribution in [3.05, 3.63) is 29.8 Å². The number of rotatable bonds is 4. The van der Waals surface area contributed by atoms with Crippen molar-refractivity contribution in [1.29, 1.82) is 0 Å². The van der Waals surface area contributed by atoms with Crippen molar-refractivity contribution in [2.24, 2.45) is 0 Å². The summed E-state index contributed by atoms with van der Waals surface area (Å²) in [6.07, 6.45) is 4.61. The van der Waals surface area contributed by atoms with Crippen molar-refractivity contribution in [1.82, 2.24) is 10.6 Å². The molecule has 0 aliphatic carbocycles. The Morgan fingerprint density at radius 1 is 1.30 bits per heavy atom. The fourth-order valence-corrected chi connectivity index (χ4v) is 2.90. The summed E-state index contributed by atoms with van der Waals surface area (Å²) in [6, 6.07) is 6.34. The van der Waals surface area contributed by atoms with Crippen LogP contribution >= 0.6 is 0 Å². The predicted octanol–water partition coefficient (Wildman–Crippen LogP) is 0.962. The van der Waals surface area contributed by atoms with Gasteiger partial charge < -0.3 is 10.6 Å². The second-order valence-corrected chi connectivity index (χ2v) is 7.17. The van der Waals surface area contributed by atoms with Crippen molar-refractivity contribution >= 4 is 15.7 Å². The van der Waals surface area contributed by atoms with E-state index in [4.69, 9.17) is 0 Å². The largest absolute Gasteiger partial charge is 0.350 e. The molecule has 1 aromatic carbocycles. The van der Waals surface area contributed by atoms with Gasteiger partial charge in [-0.1, -0.05) is 6.42 Å². The minimum absolute atomic E-state index is 0.169. The van der Waals surface area contributed by atoms with E-state index in [0.29, 0.717) is 18.2 Å². The van der Waals surface area contributed by atoms with Gasteiger partial charge in [0, 0.05) is 24.4 Å². The lowest BCUT2D eigenvalue weighted by Gasteiger charge is -2.23. The number of carbonyl (C=O) groups is 1. The van der Waals surface area contributed by atoms with Crippen LogP contribution in [0.15, 0.2) is 29.2 Å². The lowest BCUT2D eigenvalue weighted by molar-refractivity contribution is 0.0947. The number of piperidine rings is 1. The number of hydrogen-bond donors (Lipinski definition) is 2. The van der Waals surface area contributed by atoms with E-state index in [9.17, 15) is 13.2 Å². The maximum absolute atomic E-state index is 12.0. The molecule has 1 saturated heterocycles. The van der Waals surface area contributed by atoms with Crippen molar-refractivity contribution in [3.63, 3.8) is 0 Å². The highest BCUT2D eigenvalue weighted by atomic mass is 32.2. The molecule has 5 nitrogen and oxygen atoms in total. The Labute approximate surface area is 119 Å². The molecule has 0 bridgehead atoms. The highest BCUT2D eigenvalue weighted by Gasteiger charge is 2.14. The third kappa shape index (κ3) is 4.05. The van der Waals surface area contributed by atoms with Crippen molar-refractivity contribution < 1.29 is 13.2 Å². The first-order valence-electron chi connectivity index (χ1n) is 6.78. The van der Waals surface area contributed by atoms with E-state index in [1.807, 2.05) is 0 Å². The highest BCUT2D eigenvalue weighted by molar-refractivity contribution is 7.90. The zero-order chi connectivity index (χ0) is 14.6. The minimum atomic E-state index is -3.22. The molecule has 1 heterocycles. The quantitative estimate of drug-likeness (QED) is 0.868. The average molecular weight is 296 g/mol. The molecule has 0 spiro atoms. The first kappa shape index (κ1) is 15.0. The molecule has 20 heavy (non-hydrogen) atoms. The SMILES string of the molecule is CS(=O)(=O)c1ccc(C(=O)NCC2CCCCN2)cc1. The summed E-state index contributed by atoms with van der Waals surface area (Å²) in [5.74, 6) is -0.169. The monoisotopic (exact) mass is 296 g/mol. The third-order valence-corrected chi connectivity index (χ3v) is 4.59. The average Bonchev–Trinajstić information content (AvgIpc) is 2.45.